The van der Waals surface area contributed by atoms with Crippen molar-refractivity contribution in [1.29, 1.82) is 0 Å². The number of fused-ring (bicyclic) bond motifs is 1. The molecule has 1 aliphatic rings. The lowest BCUT2D eigenvalue weighted by atomic mass is 10.4. The third-order valence-electron chi connectivity index (χ3n) is 2.18. The molecule has 2 aromatic rings. The smallest absolute Gasteiger partial charge is 0.179 e. The SMILES string of the molecule is Brc1ccc2nnn(C3CC3)c2n1. The van der Waals surface area contributed by atoms with Gasteiger partial charge in [0.15, 0.2) is 5.65 Å². The number of nitrogens with zero attached hydrogens (tertiary/aromatic N) is 4. The third kappa shape index (κ3) is 1.14. The molecule has 0 aliphatic heterocycles. The van der Waals surface area contributed by atoms with Gasteiger partial charge in [0.25, 0.3) is 0 Å². The summed E-state index contributed by atoms with van der Waals surface area (Å²) in [6.45, 7) is 0. The van der Waals surface area contributed by atoms with Crippen LogP contribution in [0.25, 0.3) is 11.2 Å². The van der Waals surface area contributed by atoms with E-state index in [0.717, 1.165) is 15.8 Å². The van der Waals surface area contributed by atoms with Crippen molar-refractivity contribution in [3.05, 3.63) is 16.7 Å². The van der Waals surface area contributed by atoms with Crippen LogP contribution >= 0.6 is 15.9 Å². The zero-order valence-electron chi connectivity index (χ0n) is 6.81. The Labute approximate surface area is 83.1 Å². The maximum absolute atomic E-state index is 4.35. The van der Waals surface area contributed by atoms with E-state index in [2.05, 4.69) is 31.2 Å². The number of pyridine rings is 1. The van der Waals surface area contributed by atoms with E-state index in [1.165, 1.54) is 12.8 Å². The summed E-state index contributed by atoms with van der Waals surface area (Å²) >= 11 is 3.34. The summed E-state index contributed by atoms with van der Waals surface area (Å²) in [4.78, 5) is 4.35. The summed E-state index contributed by atoms with van der Waals surface area (Å²) in [7, 11) is 0. The Bertz CT molecular complexity index is 460. The van der Waals surface area contributed by atoms with Gasteiger partial charge in [0.1, 0.15) is 10.1 Å². The lowest BCUT2D eigenvalue weighted by molar-refractivity contribution is 0.624. The second-order valence-corrected chi connectivity index (χ2v) is 4.05. The van der Waals surface area contributed by atoms with E-state index in [1.807, 2.05) is 16.8 Å². The summed E-state index contributed by atoms with van der Waals surface area (Å²) in [5.41, 5.74) is 1.76. The van der Waals surface area contributed by atoms with Crippen LogP contribution < -0.4 is 0 Å². The van der Waals surface area contributed by atoms with Gasteiger partial charge in [-0.2, -0.15) is 0 Å². The van der Waals surface area contributed by atoms with Crippen LogP contribution in [0, 0.1) is 0 Å². The Morgan fingerprint density at radius 1 is 1.38 bits per heavy atom. The largest absolute Gasteiger partial charge is 0.224 e. The summed E-state index contributed by atoms with van der Waals surface area (Å²) in [5, 5.41) is 8.13. The minimum atomic E-state index is 0.534. The molecule has 2 aromatic heterocycles. The molecule has 0 radical (unpaired) electrons. The number of aromatic nitrogens is 4. The summed E-state index contributed by atoms with van der Waals surface area (Å²) in [6.07, 6.45) is 2.40. The molecule has 2 heterocycles. The van der Waals surface area contributed by atoms with E-state index < -0.39 is 0 Å². The van der Waals surface area contributed by atoms with Gasteiger partial charge in [0, 0.05) is 0 Å². The van der Waals surface area contributed by atoms with E-state index in [9.17, 15) is 0 Å². The van der Waals surface area contributed by atoms with Crippen molar-refractivity contribution in [3.63, 3.8) is 0 Å². The van der Waals surface area contributed by atoms with Gasteiger partial charge in [0.05, 0.1) is 6.04 Å². The van der Waals surface area contributed by atoms with E-state index in [-0.39, 0.29) is 0 Å². The first kappa shape index (κ1) is 7.44. The first-order chi connectivity index (χ1) is 6.34. The molecule has 66 valence electrons. The molecule has 1 aliphatic carbocycles. The highest BCUT2D eigenvalue weighted by Crippen LogP contribution is 2.35. The van der Waals surface area contributed by atoms with Crippen molar-refractivity contribution in [2.45, 2.75) is 18.9 Å². The maximum Gasteiger partial charge on any atom is 0.179 e. The maximum atomic E-state index is 4.35. The number of hydrogen-bond donors (Lipinski definition) is 0. The average molecular weight is 239 g/mol. The van der Waals surface area contributed by atoms with Crippen LogP contribution in [0.2, 0.25) is 0 Å². The highest BCUT2D eigenvalue weighted by atomic mass is 79.9. The molecule has 5 heteroatoms. The number of hydrogen-bond acceptors (Lipinski definition) is 3. The molecule has 0 bridgehead atoms. The van der Waals surface area contributed by atoms with Crippen LogP contribution in [0.15, 0.2) is 16.7 Å². The average Bonchev–Trinajstić information content (AvgIpc) is 2.87. The van der Waals surface area contributed by atoms with E-state index in [4.69, 9.17) is 0 Å². The molecular formula is C8H7BrN4. The first-order valence-electron chi connectivity index (χ1n) is 4.22. The zero-order chi connectivity index (χ0) is 8.84. The van der Waals surface area contributed by atoms with Crippen LogP contribution in [0.5, 0.6) is 0 Å². The molecule has 4 nitrogen and oxygen atoms in total. The van der Waals surface area contributed by atoms with Gasteiger partial charge in [-0.1, -0.05) is 5.21 Å². The summed E-state index contributed by atoms with van der Waals surface area (Å²) < 4.78 is 2.75. The standard InChI is InChI=1S/C8H7BrN4/c9-7-4-3-6-8(10-7)13(12-11-6)5-1-2-5/h3-5H,1-2H2. The van der Waals surface area contributed by atoms with Crippen molar-refractivity contribution in [2.75, 3.05) is 0 Å². The van der Waals surface area contributed by atoms with Crippen molar-refractivity contribution >= 4 is 27.1 Å². The predicted molar refractivity (Wildman–Crippen MR) is 51.3 cm³/mol. The van der Waals surface area contributed by atoms with Gasteiger partial charge in [-0.15, -0.1) is 5.10 Å². The van der Waals surface area contributed by atoms with Crippen LogP contribution in [0.4, 0.5) is 0 Å². The van der Waals surface area contributed by atoms with Gasteiger partial charge in [-0.25, -0.2) is 9.67 Å². The van der Waals surface area contributed by atoms with Gasteiger partial charge in [-0.3, -0.25) is 0 Å². The molecule has 1 fully saturated rings. The fraction of sp³-hybridized carbons (Fsp3) is 0.375. The third-order valence-corrected chi connectivity index (χ3v) is 2.62. The molecule has 0 N–H and O–H groups in total. The highest BCUT2D eigenvalue weighted by Gasteiger charge is 2.27. The molecule has 0 amide bonds. The summed E-state index contributed by atoms with van der Waals surface area (Å²) in [6, 6.07) is 4.35. The predicted octanol–water partition coefficient (Wildman–Crippen LogP) is 1.92. The molecule has 3 rings (SSSR count). The molecule has 1 saturated carbocycles. The Kier molecular flexibility index (Phi) is 1.44. The lowest BCUT2D eigenvalue weighted by Gasteiger charge is -1.96. The van der Waals surface area contributed by atoms with Crippen LogP contribution in [0.3, 0.4) is 0 Å². The Hall–Kier alpha value is -0.970. The number of halogens is 1. The second kappa shape index (κ2) is 2.51. The van der Waals surface area contributed by atoms with Crippen molar-refractivity contribution in [2.24, 2.45) is 0 Å². The van der Waals surface area contributed by atoms with Crippen LogP contribution in [0.1, 0.15) is 18.9 Å². The van der Waals surface area contributed by atoms with E-state index in [0.29, 0.717) is 6.04 Å². The van der Waals surface area contributed by atoms with Crippen LogP contribution in [-0.2, 0) is 0 Å². The van der Waals surface area contributed by atoms with E-state index >= 15 is 0 Å². The topological polar surface area (TPSA) is 43.6 Å². The first-order valence-corrected chi connectivity index (χ1v) is 5.01. The molecule has 0 saturated heterocycles. The Morgan fingerprint density at radius 2 is 2.23 bits per heavy atom. The Morgan fingerprint density at radius 3 is 3.00 bits per heavy atom. The van der Waals surface area contributed by atoms with Gasteiger partial charge < -0.3 is 0 Å². The summed E-state index contributed by atoms with van der Waals surface area (Å²) in [5.74, 6) is 0. The molecule has 0 unspecified atom stereocenters. The van der Waals surface area contributed by atoms with Gasteiger partial charge in [0.2, 0.25) is 0 Å². The van der Waals surface area contributed by atoms with Crippen molar-refractivity contribution in [1.82, 2.24) is 20.0 Å². The highest BCUT2D eigenvalue weighted by molar-refractivity contribution is 9.10. The quantitative estimate of drug-likeness (QED) is 0.714. The minimum absolute atomic E-state index is 0.534. The molecule has 0 spiro atoms. The Balaban J connectivity index is 2.29. The number of rotatable bonds is 1. The van der Waals surface area contributed by atoms with Crippen molar-refractivity contribution < 1.29 is 0 Å². The second-order valence-electron chi connectivity index (χ2n) is 3.24. The molecule has 0 aromatic carbocycles. The van der Waals surface area contributed by atoms with E-state index in [1.54, 1.807) is 0 Å². The molecular weight excluding hydrogens is 232 g/mol. The molecule has 0 atom stereocenters. The fourth-order valence-electron chi connectivity index (χ4n) is 1.37. The minimum Gasteiger partial charge on any atom is -0.224 e. The van der Waals surface area contributed by atoms with Crippen molar-refractivity contribution in [3.8, 4) is 0 Å². The monoisotopic (exact) mass is 238 g/mol. The van der Waals surface area contributed by atoms with Gasteiger partial charge in [-0.05, 0) is 40.9 Å². The van der Waals surface area contributed by atoms with Gasteiger partial charge >= 0.3 is 0 Å². The normalized spacial score (nSPS) is 16.7. The van der Waals surface area contributed by atoms with Crippen LogP contribution in [-0.4, -0.2) is 20.0 Å². The lowest BCUT2D eigenvalue weighted by Crippen LogP contribution is -1.97. The fourth-order valence-corrected chi connectivity index (χ4v) is 1.67. The molecule has 13 heavy (non-hydrogen) atoms. The zero-order valence-corrected chi connectivity index (χ0v) is 8.40.